The van der Waals surface area contributed by atoms with E-state index in [1.54, 1.807) is 6.07 Å². The molecular weight excluding hydrogens is 187 g/mol. The Bertz CT molecular complexity index is 398. The first kappa shape index (κ1) is 9.99. The number of halogens is 1. The fourth-order valence-corrected chi connectivity index (χ4v) is 0.894. The van der Waals surface area contributed by atoms with E-state index >= 15 is 0 Å². The Morgan fingerprint density at radius 1 is 1.64 bits per heavy atom. The Morgan fingerprint density at radius 2 is 2.36 bits per heavy atom. The quantitative estimate of drug-likeness (QED) is 0.770. The lowest BCUT2D eigenvalue weighted by molar-refractivity contribution is 0.150. The number of nitrogens with zero attached hydrogens (tertiary/aromatic N) is 1. The Labute approximate surface area is 79.7 Å². The summed E-state index contributed by atoms with van der Waals surface area (Å²) in [6.07, 6.45) is -0.922. The molecule has 0 aliphatic heterocycles. The summed E-state index contributed by atoms with van der Waals surface area (Å²) >= 11 is 0. The van der Waals surface area contributed by atoms with Gasteiger partial charge in [0.1, 0.15) is 18.5 Å². The van der Waals surface area contributed by atoms with Crippen molar-refractivity contribution >= 4 is 6.09 Å². The maximum absolute atomic E-state index is 13.0. The molecule has 0 saturated heterocycles. The molecule has 2 N–H and O–H groups in total. The molecule has 0 aliphatic carbocycles. The minimum absolute atomic E-state index is 0.0483. The zero-order valence-electron chi connectivity index (χ0n) is 7.16. The van der Waals surface area contributed by atoms with Crippen LogP contribution in [0.3, 0.4) is 0 Å². The highest BCUT2D eigenvalue weighted by Crippen LogP contribution is 2.10. The molecule has 1 aromatic rings. The van der Waals surface area contributed by atoms with Crippen molar-refractivity contribution < 1.29 is 13.9 Å². The SMILES string of the molecule is N#Cc1ccc(COC(N)=O)cc1F. The zero-order chi connectivity index (χ0) is 10.6. The van der Waals surface area contributed by atoms with E-state index in [1.165, 1.54) is 12.1 Å². The number of rotatable bonds is 2. The number of carbonyl (C=O) groups excluding carboxylic acids is 1. The third-order valence-electron chi connectivity index (χ3n) is 1.54. The minimum Gasteiger partial charge on any atom is -0.445 e. The number of hydrogen-bond acceptors (Lipinski definition) is 3. The summed E-state index contributed by atoms with van der Waals surface area (Å²) in [5, 5.41) is 8.43. The first-order valence-electron chi connectivity index (χ1n) is 3.74. The van der Waals surface area contributed by atoms with E-state index in [4.69, 9.17) is 11.0 Å². The average molecular weight is 194 g/mol. The standard InChI is InChI=1S/C9H7FN2O2/c10-8-3-6(5-14-9(12)13)1-2-7(8)4-11/h1-3H,5H2,(H2,12,13). The Kier molecular flexibility index (Phi) is 3.02. The first-order chi connectivity index (χ1) is 6.63. The molecule has 1 aromatic carbocycles. The molecule has 0 saturated carbocycles. The van der Waals surface area contributed by atoms with Gasteiger partial charge in [-0.3, -0.25) is 0 Å². The van der Waals surface area contributed by atoms with Gasteiger partial charge in [-0.25, -0.2) is 9.18 Å². The van der Waals surface area contributed by atoms with E-state index < -0.39 is 11.9 Å². The molecule has 0 radical (unpaired) electrons. The highest BCUT2D eigenvalue weighted by molar-refractivity contribution is 5.64. The van der Waals surface area contributed by atoms with Crippen LogP contribution in [0, 0.1) is 17.1 Å². The van der Waals surface area contributed by atoms with Crippen molar-refractivity contribution in [1.82, 2.24) is 0 Å². The van der Waals surface area contributed by atoms with E-state index in [9.17, 15) is 9.18 Å². The lowest BCUT2D eigenvalue weighted by Gasteiger charge is -2.01. The highest BCUT2D eigenvalue weighted by atomic mass is 19.1. The lowest BCUT2D eigenvalue weighted by Crippen LogP contribution is -2.12. The molecule has 4 nitrogen and oxygen atoms in total. The summed E-state index contributed by atoms with van der Waals surface area (Å²) < 4.78 is 17.4. The van der Waals surface area contributed by atoms with Crippen molar-refractivity contribution in [3.05, 3.63) is 35.1 Å². The average Bonchev–Trinajstić information content (AvgIpc) is 2.15. The number of hydrogen-bond donors (Lipinski definition) is 1. The molecule has 0 aromatic heterocycles. The first-order valence-corrected chi connectivity index (χ1v) is 3.74. The summed E-state index contributed by atoms with van der Waals surface area (Å²) in [5.41, 5.74) is 5.12. The molecule has 0 unspecified atom stereocenters. The molecule has 14 heavy (non-hydrogen) atoms. The summed E-state index contributed by atoms with van der Waals surface area (Å²) in [6, 6.07) is 5.61. The van der Waals surface area contributed by atoms with Gasteiger partial charge >= 0.3 is 6.09 Å². The number of ether oxygens (including phenoxy) is 1. The van der Waals surface area contributed by atoms with Crippen LogP contribution in [-0.2, 0) is 11.3 Å². The fourth-order valence-electron chi connectivity index (χ4n) is 0.894. The molecule has 5 heteroatoms. The molecule has 0 spiro atoms. The number of amides is 1. The second-order valence-corrected chi connectivity index (χ2v) is 2.53. The van der Waals surface area contributed by atoms with Gasteiger partial charge in [-0.2, -0.15) is 5.26 Å². The molecule has 72 valence electrons. The van der Waals surface area contributed by atoms with Crippen LogP contribution in [-0.4, -0.2) is 6.09 Å². The van der Waals surface area contributed by atoms with Crippen LogP contribution in [0.1, 0.15) is 11.1 Å². The van der Waals surface area contributed by atoms with Crippen LogP contribution in [0.4, 0.5) is 9.18 Å². The highest BCUT2D eigenvalue weighted by Gasteiger charge is 2.03. The van der Waals surface area contributed by atoms with E-state index in [0.717, 1.165) is 6.07 Å². The number of primary amides is 1. The largest absolute Gasteiger partial charge is 0.445 e. The van der Waals surface area contributed by atoms with Gasteiger partial charge in [0, 0.05) is 0 Å². The van der Waals surface area contributed by atoms with Crippen LogP contribution in [0.2, 0.25) is 0 Å². The summed E-state index contributed by atoms with van der Waals surface area (Å²) in [6.45, 7) is -0.0992. The van der Waals surface area contributed by atoms with E-state index in [2.05, 4.69) is 4.74 Å². The number of nitrogens with two attached hydrogens (primary N) is 1. The molecule has 0 fully saturated rings. The van der Waals surface area contributed by atoms with E-state index in [-0.39, 0.29) is 12.2 Å². The van der Waals surface area contributed by atoms with Gasteiger partial charge < -0.3 is 10.5 Å². The Hall–Kier alpha value is -2.09. The van der Waals surface area contributed by atoms with Crippen molar-refractivity contribution in [2.24, 2.45) is 5.73 Å². The van der Waals surface area contributed by atoms with Crippen LogP contribution in [0.15, 0.2) is 18.2 Å². The van der Waals surface area contributed by atoms with Crippen molar-refractivity contribution in [2.45, 2.75) is 6.61 Å². The van der Waals surface area contributed by atoms with Crippen molar-refractivity contribution in [2.75, 3.05) is 0 Å². The Morgan fingerprint density at radius 3 is 2.86 bits per heavy atom. The minimum atomic E-state index is -0.922. The molecular formula is C9H7FN2O2. The van der Waals surface area contributed by atoms with Gasteiger partial charge in [0.15, 0.2) is 0 Å². The third kappa shape index (κ3) is 2.45. The maximum atomic E-state index is 13.0. The summed E-state index contributed by atoms with van der Waals surface area (Å²) in [7, 11) is 0. The normalized spacial score (nSPS) is 9.14. The zero-order valence-corrected chi connectivity index (χ0v) is 7.16. The predicted octanol–water partition coefficient (Wildman–Crippen LogP) is 1.29. The second-order valence-electron chi connectivity index (χ2n) is 2.53. The summed E-state index contributed by atoms with van der Waals surface area (Å²) in [4.78, 5) is 10.2. The molecule has 1 amide bonds. The third-order valence-corrected chi connectivity index (χ3v) is 1.54. The van der Waals surface area contributed by atoms with Crippen LogP contribution >= 0.6 is 0 Å². The van der Waals surface area contributed by atoms with Gasteiger partial charge in [0.05, 0.1) is 5.56 Å². The molecule has 1 rings (SSSR count). The van der Waals surface area contributed by atoms with Crippen LogP contribution in [0.5, 0.6) is 0 Å². The van der Waals surface area contributed by atoms with E-state index in [0.29, 0.717) is 5.56 Å². The predicted molar refractivity (Wildman–Crippen MR) is 45.5 cm³/mol. The monoisotopic (exact) mass is 194 g/mol. The fraction of sp³-hybridized carbons (Fsp3) is 0.111. The summed E-state index contributed by atoms with van der Waals surface area (Å²) in [5.74, 6) is -0.641. The van der Waals surface area contributed by atoms with Crippen molar-refractivity contribution in [1.29, 1.82) is 5.26 Å². The molecule has 0 aliphatic rings. The number of benzene rings is 1. The lowest BCUT2D eigenvalue weighted by atomic mass is 10.1. The number of carbonyl (C=O) groups is 1. The van der Waals surface area contributed by atoms with Gasteiger partial charge in [0.2, 0.25) is 0 Å². The van der Waals surface area contributed by atoms with Crippen LogP contribution < -0.4 is 5.73 Å². The Balaban J connectivity index is 2.77. The molecule has 0 heterocycles. The van der Waals surface area contributed by atoms with Gasteiger partial charge in [0.25, 0.3) is 0 Å². The van der Waals surface area contributed by atoms with Crippen molar-refractivity contribution in [3.8, 4) is 6.07 Å². The van der Waals surface area contributed by atoms with Crippen LogP contribution in [0.25, 0.3) is 0 Å². The second kappa shape index (κ2) is 4.23. The van der Waals surface area contributed by atoms with E-state index in [1.807, 2.05) is 0 Å². The van der Waals surface area contributed by atoms with Gasteiger partial charge in [-0.05, 0) is 17.7 Å². The van der Waals surface area contributed by atoms with Gasteiger partial charge in [-0.1, -0.05) is 6.07 Å². The molecule has 0 bridgehead atoms. The van der Waals surface area contributed by atoms with Gasteiger partial charge in [-0.15, -0.1) is 0 Å². The number of nitriles is 1. The topological polar surface area (TPSA) is 76.1 Å². The van der Waals surface area contributed by atoms with Crippen molar-refractivity contribution in [3.63, 3.8) is 0 Å². The maximum Gasteiger partial charge on any atom is 0.404 e. The smallest absolute Gasteiger partial charge is 0.404 e. The molecule has 0 atom stereocenters.